The zero-order valence-corrected chi connectivity index (χ0v) is 10.8. The molecule has 0 unspecified atom stereocenters. The lowest BCUT2D eigenvalue weighted by Crippen LogP contribution is -2.29. The van der Waals surface area contributed by atoms with Crippen LogP contribution < -0.4 is 10.6 Å². The molecule has 1 amide bonds. The van der Waals surface area contributed by atoms with Gasteiger partial charge in [-0.05, 0) is 47.5 Å². The Kier molecular flexibility index (Phi) is 4.73. The van der Waals surface area contributed by atoms with Crippen LogP contribution in [0.25, 0.3) is 0 Å². The molecule has 3 nitrogen and oxygen atoms in total. The van der Waals surface area contributed by atoms with Crippen molar-refractivity contribution in [3.05, 3.63) is 28.0 Å². The first kappa shape index (κ1) is 13.0. The highest BCUT2D eigenvalue weighted by atomic mass is 79.9. The molecule has 0 heterocycles. The molecule has 0 radical (unpaired) electrons. The van der Waals surface area contributed by atoms with Gasteiger partial charge in [0.2, 0.25) is 5.91 Å². The zero-order valence-electron chi connectivity index (χ0n) is 9.23. The van der Waals surface area contributed by atoms with Crippen LogP contribution >= 0.6 is 15.9 Å². The van der Waals surface area contributed by atoms with Crippen molar-refractivity contribution >= 4 is 27.5 Å². The van der Waals surface area contributed by atoms with Gasteiger partial charge in [0.15, 0.2) is 0 Å². The van der Waals surface area contributed by atoms with Crippen LogP contribution in [-0.2, 0) is 4.79 Å². The molecule has 0 saturated carbocycles. The topological polar surface area (TPSA) is 41.1 Å². The number of halogens is 2. The molecule has 0 saturated heterocycles. The van der Waals surface area contributed by atoms with Crippen LogP contribution in [0.15, 0.2) is 16.6 Å². The summed E-state index contributed by atoms with van der Waals surface area (Å²) in [5.41, 5.74) is 1.52. The molecule has 5 heteroatoms. The molecule has 1 aromatic rings. The van der Waals surface area contributed by atoms with Crippen molar-refractivity contribution in [3.8, 4) is 0 Å². The lowest BCUT2D eigenvalue weighted by molar-refractivity contribution is -0.119. The Balaban J connectivity index is 2.67. The summed E-state index contributed by atoms with van der Waals surface area (Å²) in [4.78, 5) is 11.2. The molecule has 0 aliphatic heterocycles. The lowest BCUT2D eigenvalue weighted by atomic mass is 10.2. The number of benzene rings is 1. The molecule has 1 rings (SSSR count). The van der Waals surface area contributed by atoms with E-state index in [1.54, 1.807) is 13.0 Å². The van der Waals surface area contributed by atoms with Gasteiger partial charge in [-0.2, -0.15) is 0 Å². The average molecular weight is 289 g/mol. The van der Waals surface area contributed by atoms with Gasteiger partial charge in [-0.15, -0.1) is 0 Å². The fraction of sp³-hybridized carbons (Fsp3) is 0.364. The maximum absolute atomic E-state index is 13.1. The van der Waals surface area contributed by atoms with Crippen molar-refractivity contribution in [2.24, 2.45) is 0 Å². The molecule has 0 fully saturated rings. The van der Waals surface area contributed by atoms with Crippen LogP contribution in [0, 0.1) is 12.7 Å². The van der Waals surface area contributed by atoms with Gasteiger partial charge < -0.3 is 10.6 Å². The number of rotatable bonds is 4. The van der Waals surface area contributed by atoms with Crippen molar-refractivity contribution in [1.82, 2.24) is 5.32 Å². The van der Waals surface area contributed by atoms with E-state index in [0.29, 0.717) is 11.0 Å². The quantitative estimate of drug-likeness (QED) is 0.894. The van der Waals surface area contributed by atoms with Gasteiger partial charge in [-0.25, -0.2) is 4.39 Å². The van der Waals surface area contributed by atoms with E-state index in [1.165, 1.54) is 6.07 Å². The van der Waals surface area contributed by atoms with Gasteiger partial charge >= 0.3 is 0 Å². The number of carbonyl (C=O) groups excluding carboxylic acids is 1. The maximum atomic E-state index is 13.1. The number of nitrogens with one attached hydrogen (secondary N) is 2. The summed E-state index contributed by atoms with van der Waals surface area (Å²) in [5.74, 6) is -0.386. The van der Waals surface area contributed by atoms with Gasteiger partial charge in [0.1, 0.15) is 5.82 Å². The Morgan fingerprint density at radius 3 is 2.81 bits per heavy atom. The van der Waals surface area contributed by atoms with Crippen LogP contribution in [-0.4, -0.2) is 19.0 Å². The molecule has 88 valence electrons. The number of carbonyl (C=O) groups is 1. The fourth-order valence-electron chi connectivity index (χ4n) is 1.27. The summed E-state index contributed by atoms with van der Waals surface area (Å²) in [5, 5.41) is 5.63. The number of anilines is 1. The molecule has 16 heavy (non-hydrogen) atoms. The first-order valence-electron chi connectivity index (χ1n) is 5.00. The van der Waals surface area contributed by atoms with Gasteiger partial charge in [-0.1, -0.05) is 0 Å². The second-order valence-corrected chi connectivity index (χ2v) is 4.24. The molecule has 0 aliphatic rings. The van der Waals surface area contributed by atoms with Crippen molar-refractivity contribution in [2.75, 3.05) is 18.4 Å². The highest BCUT2D eigenvalue weighted by Gasteiger charge is 2.06. The minimum atomic E-state index is -0.305. The van der Waals surface area contributed by atoms with E-state index in [9.17, 15) is 9.18 Å². The Morgan fingerprint density at radius 1 is 1.50 bits per heavy atom. The zero-order chi connectivity index (χ0) is 12.1. The molecule has 0 atom stereocenters. The Morgan fingerprint density at radius 2 is 2.19 bits per heavy atom. The summed E-state index contributed by atoms with van der Waals surface area (Å²) < 4.78 is 13.5. The predicted molar refractivity (Wildman–Crippen MR) is 66.0 cm³/mol. The minimum absolute atomic E-state index is 0.0812. The van der Waals surface area contributed by atoms with Gasteiger partial charge in [0, 0.05) is 12.2 Å². The number of hydrogen-bond acceptors (Lipinski definition) is 2. The van der Waals surface area contributed by atoms with Crippen LogP contribution in [0.3, 0.4) is 0 Å². The van der Waals surface area contributed by atoms with Crippen LogP contribution in [0.1, 0.15) is 12.5 Å². The summed E-state index contributed by atoms with van der Waals surface area (Å²) >= 11 is 3.10. The van der Waals surface area contributed by atoms with E-state index in [0.717, 1.165) is 11.3 Å². The van der Waals surface area contributed by atoms with E-state index < -0.39 is 0 Å². The minimum Gasteiger partial charge on any atom is -0.376 e. The first-order chi connectivity index (χ1) is 7.54. The second-order valence-electron chi connectivity index (χ2n) is 3.39. The summed E-state index contributed by atoms with van der Waals surface area (Å²) in [6, 6.07) is 3.05. The Labute approximate surface area is 103 Å². The number of amides is 1. The van der Waals surface area contributed by atoms with Gasteiger partial charge in [0.05, 0.1) is 11.0 Å². The summed E-state index contributed by atoms with van der Waals surface area (Å²) in [6.45, 7) is 4.44. The van der Waals surface area contributed by atoms with Crippen molar-refractivity contribution < 1.29 is 9.18 Å². The van der Waals surface area contributed by atoms with Crippen molar-refractivity contribution in [1.29, 1.82) is 0 Å². The van der Waals surface area contributed by atoms with Crippen LogP contribution in [0.5, 0.6) is 0 Å². The molecule has 0 bridgehead atoms. The largest absolute Gasteiger partial charge is 0.376 e. The molecular weight excluding hydrogens is 275 g/mol. The van der Waals surface area contributed by atoms with Crippen molar-refractivity contribution in [3.63, 3.8) is 0 Å². The molecule has 0 spiro atoms. The molecule has 0 aliphatic carbocycles. The standard InChI is InChI=1S/C11H14BrFN2O/c1-3-14-11(16)6-15-10-5-8(12)9(13)4-7(10)2/h4-5,15H,3,6H2,1-2H3,(H,14,16). The van der Waals surface area contributed by atoms with Crippen molar-refractivity contribution in [2.45, 2.75) is 13.8 Å². The van der Waals surface area contributed by atoms with E-state index in [1.807, 2.05) is 6.92 Å². The first-order valence-corrected chi connectivity index (χ1v) is 5.80. The number of hydrogen-bond donors (Lipinski definition) is 2. The highest BCUT2D eigenvalue weighted by Crippen LogP contribution is 2.23. The van der Waals surface area contributed by atoms with Gasteiger partial charge in [-0.3, -0.25) is 4.79 Å². The third-order valence-electron chi connectivity index (χ3n) is 2.08. The molecular formula is C11H14BrFN2O. The Bertz CT molecular complexity index is 396. The third-order valence-corrected chi connectivity index (χ3v) is 2.69. The van der Waals surface area contributed by atoms with E-state index in [4.69, 9.17) is 0 Å². The Hall–Kier alpha value is -1.10. The third kappa shape index (κ3) is 3.48. The van der Waals surface area contributed by atoms with Crippen LogP contribution in [0.2, 0.25) is 0 Å². The SMILES string of the molecule is CCNC(=O)CNc1cc(Br)c(F)cc1C. The van der Waals surface area contributed by atoms with E-state index in [2.05, 4.69) is 26.6 Å². The summed E-state index contributed by atoms with van der Waals surface area (Å²) in [6.07, 6.45) is 0. The molecule has 0 aromatic heterocycles. The highest BCUT2D eigenvalue weighted by molar-refractivity contribution is 9.10. The van der Waals surface area contributed by atoms with Gasteiger partial charge in [0.25, 0.3) is 0 Å². The average Bonchev–Trinajstić information content (AvgIpc) is 2.22. The fourth-order valence-corrected chi connectivity index (χ4v) is 1.62. The lowest BCUT2D eigenvalue weighted by Gasteiger charge is -2.10. The molecule has 2 N–H and O–H groups in total. The second kappa shape index (κ2) is 5.84. The predicted octanol–water partition coefficient (Wildman–Crippen LogP) is 2.44. The smallest absolute Gasteiger partial charge is 0.239 e. The molecule has 1 aromatic carbocycles. The normalized spacial score (nSPS) is 10.0. The van der Waals surface area contributed by atoms with E-state index >= 15 is 0 Å². The van der Waals surface area contributed by atoms with Crippen LogP contribution in [0.4, 0.5) is 10.1 Å². The monoisotopic (exact) mass is 288 g/mol. The number of aryl methyl sites for hydroxylation is 1. The van der Waals surface area contributed by atoms with E-state index in [-0.39, 0.29) is 18.3 Å². The number of likely N-dealkylation sites (N-methyl/N-ethyl adjacent to an activating group) is 1. The maximum Gasteiger partial charge on any atom is 0.239 e. The summed E-state index contributed by atoms with van der Waals surface area (Å²) in [7, 11) is 0.